The zero-order valence-corrected chi connectivity index (χ0v) is 19.0. The molecule has 8 nitrogen and oxygen atoms in total. The van der Waals surface area contributed by atoms with Crippen molar-refractivity contribution in [2.24, 2.45) is 7.05 Å². The molecule has 4 rings (SSSR count). The van der Waals surface area contributed by atoms with Crippen LogP contribution in [-0.4, -0.2) is 32.8 Å². The van der Waals surface area contributed by atoms with Gasteiger partial charge in [0.1, 0.15) is 11.5 Å². The molecule has 0 saturated carbocycles. The third kappa shape index (κ3) is 5.01. The zero-order chi connectivity index (χ0) is 23.4. The Morgan fingerprint density at radius 1 is 1.12 bits per heavy atom. The number of aromatic nitrogens is 4. The van der Waals surface area contributed by atoms with E-state index in [0.29, 0.717) is 29.5 Å². The molecule has 0 aliphatic heterocycles. The second kappa shape index (κ2) is 9.52. The Balaban J connectivity index is 1.49. The number of nitrogens with zero attached hydrogens (tertiary/aromatic N) is 4. The SMILES string of the molecule is COc1ccc(CNC(=O)c2cccc(Oc3ccnc(-c4cn(C)nc4C)c3)c2C)cn1. The third-order valence-electron chi connectivity index (χ3n) is 5.24. The number of benzene rings is 1. The monoisotopic (exact) mass is 443 g/mol. The Hall–Kier alpha value is -4.20. The van der Waals surface area contributed by atoms with Gasteiger partial charge >= 0.3 is 0 Å². The maximum Gasteiger partial charge on any atom is 0.251 e. The van der Waals surface area contributed by atoms with E-state index in [-0.39, 0.29) is 5.91 Å². The van der Waals surface area contributed by atoms with Crippen molar-refractivity contribution in [3.05, 3.63) is 83.4 Å². The van der Waals surface area contributed by atoms with E-state index in [9.17, 15) is 4.79 Å². The van der Waals surface area contributed by atoms with E-state index in [1.165, 1.54) is 0 Å². The predicted octanol–water partition coefficient (Wildman–Crippen LogP) is 4.22. The first-order chi connectivity index (χ1) is 15.9. The van der Waals surface area contributed by atoms with Crippen molar-refractivity contribution >= 4 is 5.91 Å². The summed E-state index contributed by atoms with van der Waals surface area (Å²) in [4.78, 5) is 21.4. The number of ether oxygens (including phenoxy) is 2. The summed E-state index contributed by atoms with van der Waals surface area (Å²) < 4.78 is 12.9. The summed E-state index contributed by atoms with van der Waals surface area (Å²) in [6.45, 7) is 4.17. The molecule has 3 heterocycles. The number of carbonyl (C=O) groups is 1. The van der Waals surface area contributed by atoms with Crippen LogP contribution in [0.4, 0.5) is 0 Å². The lowest BCUT2D eigenvalue weighted by atomic mass is 10.1. The summed E-state index contributed by atoms with van der Waals surface area (Å²) in [7, 11) is 3.44. The lowest BCUT2D eigenvalue weighted by Crippen LogP contribution is -2.23. The zero-order valence-electron chi connectivity index (χ0n) is 19.0. The molecule has 0 unspecified atom stereocenters. The Morgan fingerprint density at radius 3 is 2.67 bits per heavy atom. The minimum atomic E-state index is -0.185. The molecule has 1 N–H and O–H groups in total. The van der Waals surface area contributed by atoms with Gasteiger partial charge in [-0.15, -0.1) is 0 Å². The Kier molecular flexibility index (Phi) is 6.35. The van der Waals surface area contributed by atoms with Crippen LogP contribution in [0.25, 0.3) is 11.3 Å². The van der Waals surface area contributed by atoms with Crippen molar-refractivity contribution in [3.63, 3.8) is 0 Å². The number of rotatable bonds is 7. The molecule has 1 aromatic carbocycles. The maximum atomic E-state index is 12.8. The summed E-state index contributed by atoms with van der Waals surface area (Å²) in [5.74, 6) is 1.58. The van der Waals surface area contributed by atoms with E-state index >= 15 is 0 Å². The van der Waals surface area contributed by atoms with E-state index in [1.807, 2.05) is 45.3 Å². The highest BCUT2D eigenvalue weighted by Gasteiger charge is 2.14. The van der Waals surface area contributed by atoms with E-state index in [2.05, 4.69) is 20.4 Å². The van der Waals surface area contributed by atoms with Crippen LogP contribution in [0.1, 0.15) is 27.2 Å². The van der Waals surface area contributed by atoms with Crippen LogP contribution in [0.5, 0.6) is 17.4 Å². The summed E-state index contributed by atoms with van der Waals surface area (Å²) in [6, 6.07) is 12.7. The van der Waals surface area contributed by atoms with Crippen LogP contribution < -0.4 is 14.8 Å². The topological polar surface area (TPSA) is 91.2 Å². The standard InChI is InChI=1S/C25H25N5O3/c1-16-20(25(31)28-14-18-8-9-24(32-4)27-13-18)6-5-7-23(16)33-19-10-11-26-22(12-19)21-15-30(3)29-17(21)2/h5-13,15H,14H2,1-4H3,(H,28,31). The van der Waals surface area contributed by atoms with Gasteiger partial charge in [0, 0.05) is 61.0 Å². The van der Waals surface area contributed by atoms with Crippen LogP contribution in [0.15, 0.2) is 61.1 Å². The smallest absolute Gasteiger partial charge is 0.251 e. The molecule has 3 aromatic heterocycles. The molecule has 0 radical (unpaired) electrons. The second-order valence-corrected chi connectivity index (χ2v) is 7.60. The van der Waals surface area contributed by atoms with E-state index in [0.717, 1.165) is 28.1 Å². The number of nitrogens with one attached hydrogen (secondary N) is 1. The fourth-order valence-corrected chi connectivity index (χ4v) is 3.48. The van der Waals surface area contributed by atoms with Gasteiger partial charge in [0.15, 0.2) is 0 Å². The summed E-state index contributed by atoms with van der Waals surface area (Å²) in [6.07, 6.45) is 5.30. The van der Waals surface area contributed by atoms with E-state index in [4.69, 9.17) is 9.47 Å². The average Bonchev–Trinajstić information content (AvgIpc) is 3.17. The van der Waals surface area contributed by atoms with Crippen molar-refractivity contribution in [3.8, 4) is 28.6 Å². The third-order valence-corrected chi connectivity index (χ3v) is 5.24. The number of methoxy groups -OCH3 is 1. The van der Waals surface area contributed by atoms with Gasteiger partial charge in [-0.25, -0.2) is 4.98 Å². The fourth-order valence-electron chi connectivity index (χ4n) is 3.48. The largest absolute Gasteiger partial charge is 0.481 e. The normalized spacial score (nSPS) is 10.7. The Morgan fingerprint density at radius 2 is 1.97 bits per heavy atom. The number of carbonyl (C=O) groups excluding carboxylic acids is 1. The van der Waals surface area contributed by atoms with Crippen molar-refractivity contribution in [1.82, 2.24) is 25.1 Å². The minimum absolute atomic E-state index is 0.185. The summed E-state index contributed by atoms with van der Waals surface area (Å²) in [5.41, 5.74) is 4.79. The molecule has 0 spiro atoms. The van der Waals surface area contributed by atoms with Crippen molar-refractivity contribution in [1.29, 1.82) is 0 Å². The van der Waals surface area contributed by atoms with E-state index in [1.54, 1.807) is 48.5 Å². The highest BCUT2D eigenvalue weighted by molar-refractivity contribution is 5.96. The number of hydrogen-bond donors (Lipinski definition) is 1. The quantitative estimate of drug-likeness (QED) is 0.460. The molecule has 0 bridgehead atoms. The van der Waals surface area contributed by atoms with Crippen LogP contribution in [0, 0.1) is 13.8 Å². The molecule has 0 fully saturated rings. The van der Waals surface area contributed by atoms with Crippen molar-refractivity contribution in [2.75, 3.05) is 7.11 Å². The number of amides is 1. The van der Waals surface area contributed by atoms with Gasteiger partial charge in [-0.2, -0.15) is 5.10 Å². The molecule has 0 saturated heterocycles. The lowest BCUT2D eigenvalue weighted by Gasteiger charge is -2.13. The first-order valence-electron chi connectivity index (χ1n) is 10.5. The molecular weight excluding hydrogens is 418 g/mol. The highest BCUT2D eigenvalue weighted by Crippen LogP contribution is 2.30. The molecule has 168 valence electrons. The van der Waals surface area contributed by atoms with E-state index < -0.39 is 0 Å². The first kappa shape index (κ1) is 22.0. The van der Waals surface area contributed by atoms with Crippen LogP contribution in [0.2, 0.25) is 0 Å². The Labute approximate surface area is 192 Å². The van der Waals surface area contributed by atoms with Gasteiger partial charge < -0.3 is 14.8 Å². The van der Waals surface area contributed by atoms with Crippen molar-refractivity contribution in [2.45, 2.75) is 20.4 Å². The second-order valence-electron chi connectivity index (χ2n) is 7.60. The highest BCUT2D eigenvalue weighted by atomic mass is 16.5. The molecule has 0 aliphatic rings. The average molecular weight is 444 g/mol. The van der Waals surface area contributed by atoms with Crippen LogP contribution in [-0.2, 0) is 13.6 Å². The molecule has 0 aliphatic carbocycles. The first-order valence-corrected chi connectivity index (χ1v) is 10.5. The molecule has 33 heavy (non-hydrogen) atoms. The molecule has 1 amide bonds. The number of aryl methyl sites for hydroxylation is 2. The molecular formula is C25H25N5O3. The predicted molar refractivity (Wildman–Crippen MR) is 124 cm³/mol. The van der Waals surface area contributed by atoms with Crippen LogP contribution >= 0.6 is 0 Å². The molecule has 4 aromatic rings. The lowest BCUT2D eigenvalue weighted by molar-refractivity contribution is 0.0950. The number of hydrogen-bond acceptors (Lipinski definition) is 6. The fraction of sp³-hybridized carbons (Fsp3) is 0.200. The van der Waals surface area contributed by atoms with Crippen LogP contribution in [0.3, 0.4) is 0 Å². The minimum Gasteiger partial charge on any atom is -0.481 e. The number of pyridine rings is 2. The summed E-state index contributed by atoms with van der Waals surface area (Å²) >= 11 is 0. The van der Waals surface area contributed by atoms with Gasteiger partial charge in [0.25, 0.3) is 5.91 Å². The van der Waals surface area contributed by atoms with Gasteiger partial charge in [-0.05, 0) is 37.6 Å². The van der Waals surface area contributed by atoms with Gasteiger partial charge in [-0.3, -0.25) is 14.5 Å². The molecule has 0 atom stereocenters. The molecule has 8 heteroatoms. The van der Waals surface area contributed by atoms with Crippen molar-refractivity contribution < 1.29 is 14.3 Å². The van der Waals surface area contributed by atoms with Gasteiger partial charge in [0.05, 0.1) is 18.5 Å². The maximum absolute atomic E-state index is 12.8. The Bertz CT molecular complexity index is 1280. The summed E-state index contributed by atoms with van der Waals surface area (Å²) in [5, 5.41) is 7.30. The van der Waals surface area contributed by atoms with Gasteiger partial charge in [-0.1, -0.05) is 12.1 Å². The van der Waals surface area contributed by atoms with Gasteiger partial charge in [0.2, 0.25) is 5.88 Å².